The van der Waals surface area contributed by atoms with Crippen molar-refractivity contribution in [3.8, 4) is 0 Å². The minimum Gasteiger partial charge on any atom is -0.388 e. The first-order valence-corrected chi connectivity index (χ1v) is 7.19. The van der Waals surface area contributed by atoms with Crippen molar-refractivity contribution in [2.45, 2.75) is 57.1 Å². The number of aliphatic hydroxyl groups is 1. The number of rotatable bonds is 6. The lowest BCUT2D eigenvalue weighted by Crippen LogP contribution is -2.43. The summed E-state index contributed by atoms with van der Waals surface area (Å²) in [6, 6.07) is 0.711. The van der Waals surface area contributed by atoms with Crippen LogP contribution < -0.4 is 5.73 Å². The maximum absolute atomic E-state index is 10.4. The molecule has 0 radical (unpaired) electrons. The van der Waals surface area contributed by atoms with Gasteiger partial charge in [0.15, 0.2) is 0 Å². The number of hydrogen-bond donors (Lipinski definition) is 2. The first-order valence-electron chi connectivity index (χ1n) is 7.19. The van der Waals surface area contributed by atoms with Crippen molar-refractivity contribution >= 4 is 0 Å². The Kier molecular flexibility index (Phi) is 4.11. The van der Waals surface area contributed by atoms with Gasteiger partial charge in [0, 0.05) is 12.6 Å². The highest BCUT2D eigenvalue weighted by molar-refractivity contribution is 4.93. The molecule has 3 N–H and O–H groups in total. The van der Waals surface area contributed by atoms with Crippen LogP contribution in [-0.2, 0) is 0 Å². The van der Waals surface area contributed by atoms with Gasteiger partial charge < -0.3 is 15.7 Å². The summed E-state index contributed by atoms with van der Waals surface area (Å²) in [6.45, 7) is 3.87. The fourth-order valence-corrected chi connectivity index (χ4v) is 3.31. The van der Waals surface area contributed by atoms with E-state index in [2.05, 4.69) is 18.9 Å². The van der Waals surface area contributed by atoms with E-state index in [0.717, 1.165) is 38.1 Å². The third kappa shape index (κ3) is 3.01. The van der Waals surface area contributed by atoms with Crippen molar-refractivity contribution < 1.29 is 5.11 Å². The summed E-state index contributed by atoms with van der Waals surface area (Å²) < 4.78 is 0. The summed E-state index contributed by atoms with van der Waals surface area (Å²) in [5.74, 6) is 1.35. The Balaban J connectivity index is 1.77. The summed E-state index contributed by atoms with van der Waals surface area (Å²) in [7, 11) is 2.22. The fraction of sp³-hybridized carbons (Fsp3) is 1.00. The average molecular weight is 240 g/mol. The second kappa shape index (κ2) is 5.25. The van der Waals surface area contributed by atoms with Crippen molar-refractivity contribution in [2.75, 3.05) is 20.1 Å². The Hall–Kier alpha value is -0.120. The lowest BCUT2D eigenvalue weighted by atomic mass is 9.88. The fourth-order valence-electron chi connectivity index (χ4n) is 3.31. The smallest absolute Gasteiger partial charge is 0.0797 e. The second-order valence-corrected chi connectivity index (χ2v) is 6.24. The molecule has 0 amide bonds. The Morgan fingerprint density at radius 1 is 1.41 bits per heavy atom. The normalized spacial score (nSPS) is 35.5. The molecule has 0 saturated heterocycles. The zero-order valence-electron chi connectivity index (χ0n) is 11.4. The van der Waals surface area contributed by atoms with Crippen molar-refractivity contribution in [3.63, 3.8) is 0 Å². The number of nitrogens with zero attached hydrogens (tertiary/aromatic N) is 1. The van der Waals surface area contributed by atoms with Crippen LogP contribution in [0.15, 0.2) is 0 Å². The molecule has 0 aromatic carbocycles. The summed E-state index contributed by atoms with van der Waals surface area (Å²) in [6.07, 6.45) is 7.10. The Morgan fingerprint density at radius 2 is 2.12 bits per heavy atom. The van der Waals surface area contributed by atoms with Crippen LogP contribution in [0.3, 0.4) is 0 Å². The first-order chi connectivity index (χ1) is 8.07. The van der Waals surface area contributed by atoms with Gasteiger partial charge in [0.2, 0.25) is 0 Å². The van der Waals surface area contributed by atoms with Gasteiger partial charge in [0.05, 0.1) is 5.60 Å². The molecule has 2 saturated carbocycles. The van der Waals surface area contributed by atoms with Crippen molar-refractivity contribution in [3.05, 3.63) is 0 Å². The summed E-state index contributed by atoms with van der Waals surface area (Å²) in [5, 5.41) is 10.4. The van der Waals surface area contributed by atoms with Crippen LogP contribution in [0.4, 0.5) is 0 Å². The van der Waals surface area contributed by atoms with Gasteiger partial charge in [0.25, 0.3) is 0 Å². The molecule has 0 spiro atoms. The van der Waals surface area contributed by atoms with Crippen molar-refractivity contribution in [1.82, 2.24) is 4.90 Å². The molecule has 100 valence electrons. The molecule has 2 aliphatic rings. The first kappa shape index (κ1) is 13.3. The van der Waals surface area contributed by atoms with Crippen LogP contribution in [0.5, 0.6) is 0 Å². The van der Waals surface area contributed by atoms with E-state index in [9.17, 15) is 5.11 Å². The van der Waals surface area contributed by atoms with E-state index in [4.69, 9.17) is 5.73 Å². The van der Waals surface area contributed by atoms with Gasteiger partial charge in [0.1, 0.15) is 0 Å². The van der Waals surface area contributed by atoms with E-state index >= 15 is 0 Å². The molecule has 3 unspecified atom stereocenters. The van der Waals surface area contributed by atoms with Crippen LogP contribution >= 0.6 is 0 Å². The molecule has 0 heterocycles. The Labute approximate surface area is 105 Å². The van der Waals surface area contributed by atoms with E-state index in [0.29, 0.717) is 18.5 Å². The maximum atomic E-state index is 10.4. The number of hydrogen-bond acceptors (Lipinski definition) is 3. The van der Waals surface area contributed by atoms with Gasteiger partial charge in [-0.05, 0) is 64.5 Å². The molecule has 3 atom stereocenters. The van der Waals surface area contributed by atoms with E-state index in [1.54, 1.807) is 0 Å². The van der Waals surface area contributed by atoms with E-state index in [1.807, 2.05) is 0 Å². The van der Waals surface area contributed by atoms with Crippen LogP contribution in [0.2, 0.25) is 0 Å². The summed E-state index contributed by atoms with van der Waals surface area (Å²) in [4.78, 5) is 2.47. The third-order valence-corrected chi connectivity index (χ3v) is 5.11. The van der Waals surface area contributed by atoms with E-state index in [-0.39, 0.29) is 0 Å². The van der Waals surface area contributed by atoms with Crippen LogP contribution in [0.25, 0.3) is 0 Å². The molecule has 0 bridgehead atoms. The molecule has 0 aromatic rings. The van der Waals surface area contributed by atoms with Gasteiger partial charge in [-0.2, -0.15) is 0 Å². The van der Waals surface area contributed by atoms with Crippen molar-refractivity contribution in [1.29, 1.82) is 0 Å². The zero-order chi connectivity index (χ0) is 12.5. The third-order valence-electron chi connectivity index (χ3n) is 5.11. The molecular formula is C14H28N2O. The highest BCUT2D eigenvalue weighted by Crippen LogP contribution is 2.38. The predicted octanol–water partition coefficient (Wildman–Crippen LogP) is 1.60. The lowest BCUT2D eigenvalue weighted by Gasteiger charge is -2.31. The largest absolute Gasteiger partial charge is 0.388 e. The standard InChI is InChI=1S/C14H28N2O/c1-11(12-5-6-12)16(2)9-7-13-4-3-8-14(13,17)10-15/h11-13,17H,3-10,15H2,1-2H3. The van der Waals surface area contributed by atoms with Gasteiger partial charge in [-0.25, -0.2) is 0 Å². The molecule has 17 heavy (non-hydrogen) atoms. The van der Waals surface area contributed by atoms with Gasteiger partial charge >= 0.3 is 0 Å². The highest BCUT2D eigenvalue weighted by atomic mass is 16.3. The minimum atomic E-state index is -0.566. The molecular weight excluding hydrogens is 212 g/mol. The van der Waals surface area contributed by atoms with Crippen molar-refractivity contribution in [2.24, 2.45) is 17.6 Å². The molecule has 2 aliphatic carbocycles. The molecule has 0 aromatic heterocycles. The average Bonchev–Trinajstić information content (AvgIpc) is 3.10. The molecule has 3 heteroatoms. The van der Waals surface area contributed by atoms with Crippen LogP contribution in [-0.4, -0.2) is 41.8 Å². The summed E-state index contributed by atoms with van der Waals surface area (Å²) >= 11 is 0. The topological polar surface area (TPSA) is 49.5 Å². The van der Waals surface area contributed by atoms with Crippen LogP contribution in [0.1, 0.15) is 45.4 Å². The Bertz CT molecular complexity index is 255. The predicted molar refractivity (Wildman–Crippen MR) is 70.8 cm³/mol. The van der Waals surface area contributed by atoms with Gasteiger partial charge in [-0.3, -0.25) is 0 Å². The number of nitrogens with two attached hydrogens (primary N) is 1. The quantitative estimate of drug-likeness (QED) is 0.741. The minimum absolute atomic E-state index is 0.418. The summed E-state index contributed by atoms with van der Waals surface area (Å²) in [5.41, 5.74) is 5.15. The monoisotopic (exact) mass is 240 g/mol. The van der Waals surface area contributed by atoms with Crippen LogP contribution in [0, 0.1) is 11.8 Å². The van der Waals surface area contributed by atoms with Gasteiger partial charge in [-0.15, -0.1) is 0 Å². The molecule has 2 fully saturated rings. The molecule has 0 aliphatic heterocycles. The highest BCUT2D eigenvalue weighted by Gasteiger charge is 2.40. The molecule has 2 rings (SSSR count). The maximum Gasteiger partial charge on any atom is 0.0797 e. The van der Waals surface area contributed by atoms with E-state index < -0.39 is 5.60 Å². The van der Waals surface area contributed by atoms with Gasteiger partial charge in [-0.1, -0.05) is 6.42 Å². The SMILES string of the molecule is CC(C1CC1)N(C)CCC1CCCC1(O)CN. The zero-order valence-corrected chi connectivity index (χ0v) is 11.4. The Morgan fingerprint density at radius 3 is 2.71 bits per heavy atom. The molecule has 3 nitrogen and oxygen atoms in total. The lowest BCUT2D eigenvalue weighted by molar-refractivity contribution is 0.00401. The second-order valence-electron chi connectivity index (χ2n) is 6.24. The van der Waals surface area contributed by atoms with E-state index in [1.165, 1.54) is 12.8 Å².